The third-order valence-electron chi connectivity index (χ3n) is 5.03. The van der Waals surface area contributed by atoms with Crippen molar-refractivity contribution < 1.29 is 4.79 Å². The molecule has 31 heavy (non-hydrogen) atoms. The van der Waals surface area contributed by atoms with Crippen LogP contribution in [-0.2, 0) is 6.42 Å². The molecule has 0 fully saturated rings. The molecule has 4 rings (SSSR count). The van der Waals surface area contributed by atoms with Crippen LogP contribution < -0.4 is 10.6 Å². The minimum absolute atomic E-state index is 0.242. The topological polar surface area (TPSA) is 69.8 Å². The predicted molar refractivity (Wildman–Crippen MR) is 131 cm³/mol. The number of nitrogens with zero attached hydrogens (tertiary/aromatic N) is 1. The summed E-state index contributed by atoms with van der Waals surface area (Å²) in [6, 6.07) is 19.0. The van der Waals surface area contributed by atoms with Crippen molar-refractivity contribution >= 4 is 51.6 Å². The average molecular weight is 449 g/mol. The number of benzene rings is 3. The van der Waals surface area contributed by atoms with Crippen LogP contribution in [0.2, 0.25) is 5.02 Å². The highest BCUT2D eigenvalue weighted by Crippen LogP contribution is 2.26. The van der Waals surface area contributed by atoms with E-state index in [0.29, 0.717) is 10.6 Å². The number of hydrogen-bond donors (Lipinski definition) is 3. The first-order chi connectivity index (χ1) is 14.9. The van der Waals surface area contributed by atoms with E-state index >= 15 is 0 Å². The van der Waals surface area contributed by atoms with Crippen LogP contribution >= 0.6 is 23.8 Å². The average Bonchev–Trinajstić information content (AvgIpc) is 3.17. The third-order valence-corrected chi connectivity index (χ3v) is 5.64. The zero-order valence-corrected chi connectivity index (χ0v) is 18.7. The van der Waals surface area contributed by atoms with Gasteiger partial charge < -0.3 is 10.3 Å². The second-order valence-electron chi connectivity index (χ2n) is 7.24. The lowest BCUT2D eigenvalue weighted by Gasteiger charge is -2.10. The van der Waals surface area contributed by atoms with Crippen LogP contribution in [-0.4, -0.2) is 21.0 Å². The lowest BCUT2D eigenvalue weighted by molar-refractivity contribution is 0.0977. The number of carbonyl (C=O) groups is 1. The van der Waals surface area contributed by atoms with E-state index in [1.165, 1.54) is 5.56 Å². The molecule has 0 atom stereocenters. The van der Waals surface area contributed by atoms with Gasteiger partial charge in [-0.2, -0.15) is 0 Å². The number of nitrogens with one attached hydrogen (secondary N) is 3. The summed E-state index contributed by atoms with van der Waals surface area (Å²) >= 11 is 11.5. The Kier molecular flexibility index (Phi) is 6.02. The molecule has 0 bridgehead atoms. The Morgan fingerprint density at radius 1 is 1.10 bits per heavy atom. The van der Waals surface area contributed by atoms with Crippen LogP contribution in [0.3, 0.4) is 0 Å². The monoisotopic (exact) mass is 448 g/mol. The van der Waals surface area contributed by atoms with Gasteiger partial charge in [-0.3, -0.25) is 10.1 Å². The Morgan fingerprint density at radius 3 is 2.48 bits per heavy atom. The molecular formula is C24H21ClN4OS. The summed E-state index contributed by atoms with van der Waals surface area (Å²) < 4.78 is 0. The quantitative estimate of drug-likeness (QED) is 0.341. The fourth-order valence-electron chi connectivity index (χ4n) is 3.22. The first kappa shape index (κ1) is 21.0. The van der Waals surface area contributed by atoms with Crippen LogP contribution in [0.4, 0.5) is 5.69 Å². The highest BCUT2D eigenvalue weighted by molar-refractivity contribution is 7.80. The standard InChI is InChI=1S/C24H21ClN4OS/c1-3-15-4-6-17(7-5-15)23(30)29-24(31)26-18-10-8-16(9-11-18)22-27-20-12-14(2)19(25)13-21(20)28-22/h4-13H,3H2,1-2H3,(H,27,28)(H2,26,29,30,31). The second-order valence-corrected chi connectivity index (χ2v) is 8.06. The number of fused-ring (bicyclic) bond motifs is 1. The molecule has 0 aliphatic heterocycles. The van der Waals surface area contributed by atoms with Gasteiger partial charge in [0.2, 0.25) is 0 Å². The van der Waals surface area contributed by atoms with Crippen LogP contribution in [0.5, 0.6) is 0 Å². The second kappa shape index (κ2) is 8.88. The molecule has 3 N–H and O–H groups in total. The molecule has 1 heterocycles. The molecule has 0 radical (unpaired) electrons. The summed E-state index contributed by atoms with van der Waals surface area (Å²) in [6.45, 7) is 4.04. The summed E-state index contributed by atoms with van der Waals surface area (Å²) in [7, 11) is 0. The lowest BCUT2D eigenvalue weighted by Crippen LogP contribution is -2.34. The Balaban J connectivity index is 1.42. The van der Waals surface area contributed by atoms with E-state index in [4.69, 9.17) is 23.8 Å². The predicted octanol–water partition coefficient (Wildman–Crippen LogP) is 5.88. The Labute approximate surface area is 190 Å². The zero-order chi connectivity index (χ0) is 22.0. The van der Waals surface area contributed by atoms with E-state index in [0.717, 1.165) is 40.1 Å². The number of amides is 1. The molecule has 1 aromatic heterocycles. The molecule has 0 aliphatic rings. The number of aromatic amines is 1. The van der Waals surface area contributed by atoms with E-state index in [9.17, 15) is 4.79 Å². The van der Waals surface area contributed by atoms with Crippen LogP contribution in [0, 0.1) is 6.92 Å². The zero-order valence-electron chi connectivity index (χ0n) is 17.1. The molecule has 156 valence electrons. The van der Waals surface area contributed by atoms with Gasteiger partial charge in [0.05, 0.1) is 11.0 Å². The van der Waals surface area contributed by atoms with Crippen molar-refractivity contribution in [3.05, 3.63) is 82.4 Å². The Bertz CT molecular complexity index is 1220. The van der Waals surface area contributed by atoms with Crippen molar-refractivity contribution in [3.63, 3.8) is 0 Å². The minimum atomic E-state index is -0.243. The first-order valence-electron chi connectivity index (χ1n) is 9.90. The molecule has 0 aliphatic carbocycles. The fourth-order valence-corrected chi connectivity index (χ4v) is 3.59. The van der Waals surface area contributed by atoms with Crippen molar-refractivity contribution in [3.8, 4) is 11.4 Å². The molecule has 0 saturated carbocycles. The lowest BCUT2D eigenvalue weighted by atomic mass is 10.1. The van der Waals surface area contributed by atoms with Gasteiger partial charge in [-0.05, 0) is 85.2 Å². The van der Waals surface area contributed by atoms with E-state index in [2.05, 4.69) is 27.5 Å². The number of halogens is 1. The number of aryl methyl sites for hydroxylation is 2. The number of carbonyl (C=O) groups excluding carboxylic acids is 1. The van der Waals surface area contributed by atoms with Crippen molar-refractivity contribution in [1.82, 2.24) is 15.3 Å². The SMILES string of the molecule is CCc1ccc(C(=O)NC(=S)Nc2ccc(-c3nc4cc(Cl)c(C)cc4[nH]3)cc2)cc1. The number of thiocarbonyl (C=S) groups is 1. The molecule has 7 heteroatoms. The number of aromatic nitrogens is 2. The normalized spacial score (nSPS) is 10.8. The Morgan fingerprint density at radius 2 is 1.81 bits per heavy atom. The first-order valence-corrected chi connectivity index (χ1v) is 10.7. The maximum Gasteiger partial charge on any atom is 0.257 e. The number of imidazole rings is 1. The van der Waals surface area contributed by atoms with Crippen LogP contribution in [0.1, 0.15) is 28.4 Å². The molecule has 3 aromatic carbocycles. The number of hydrogen-bond acceptors (Lipinski definition) is 3. The molecular weight excluding hydrogens is 428 g/mol. The van der Waals surface area contributed by atoms with Gasteiger partial charge in [0.15, 0.2) is 5.11 Å². The van der Waals surface area contributed by atoms with Crippen molar-refractivity contribution in [2.45, 2.75) is 20.3 Å². The fraction of sp³-hybridized carbons (Fsp3) is 0.125. The maximum atomic E-state index is 12.4. The molecule has 0 saturated heterocycles. The van der Waals surface area contributed by atoms with E-state index in [1.807, 2.05) is 55.5 Å². The highest BCUT2D eigenvalue weighted by Gasteiger charge is 2.10. The summed E-state index contributed by atoms with van der Waals surface area (Å²) in [5.41, 5.74) is 6.21. The largest absolute Gasteiger partial charge is 0.338 e. The summed E-state index contributed by atoms with van der Waals surface area (Å²) in [5.74, 6) is 0.516. The number of H-pyrrole nitrogens is 1. The molecule has 1 amide bonds. The van der Waals surface area contributed by atoms with Gasteiger partial charge in [-0.25, -0.2) is 4.98 Å². The van der Waals surface area contributed by atoms with E-state index < -0.39 is 0 Å². The highest BCUT2D eigenvalue weighted by atomic mass is 35.5. The van der Waals surface area contributed by atoms with Gasteiger partial charge in [-0.15, -0.1) is 0 Å². The molecule has 0 spiro atoms. The van der Waals surface area contributed by atoms with Gasteiger partial charge >= 0.3 is 0 Å². The number of rotatable bonds is 4. The van der Waals surface area contributed by atoms with Gasteiger partial charge in [-0.1, -0.05) is 30.7 Å². The van der Waals surface area contributed by atoms with E-state index in [1.54, 1.807) is 12.1 Å². The molecule has 5 nitrogen and oxygen atoms in total. The third kappa shape index (κ3) is 4.76. The van der Waals surface area contributed by atoms with E-state index in [-0.39, 0.29) is 11.0 Å². The van der Waals surface area contributed by atoms with Crippen LogP contribution in [0.25, 0.3) is 22.4 Å². The van der Waals surface area contributed by atoms with Crippen molar-refractivity contribution in [2.75, 3.05) is 5.32 Å². The van der Waals surface area contributed by atoms with Gasteiger partial charge in [0, 0.05) is 21.8 Å². The molecule has 4 aromatic rings. The van der Waals surface area contributed by atoms with Crippen LogP contribution in [0.15, 0.2) is 60.7 Å². The smallest absolute Gasteiger partial charge is 0.257 e. The summed E-state index contributed by atoms with van der Waals surface area (Å²) in [6.07, 6.45) is 0.930. The van der Waals surface area contributed by atoms with Crippen molar-refractivity contribution in [2.24, 2.45) is 0 Å². The van der Waals surface area contributed by atoms with Gasteiger partial charge in [0.1, 0.15) is 5.82 Å². The maximum absolute atomic E-state index is 12.4. The molecule has 0 unspecified atom stereocenters. The summed E-state index contributed by atoms with van der Waals surface area (Å²) in [4.78, 5) is 20.3. The minimum Gasteiger partial charge on any atom is -0.338 e. The van der Waals surface area contributed by atoms with Crippen molar-refractivity contribution in [1.29, 1.82) is 0 Å². The Hall–Kier alpha value is -3.22. The van der Waals surface area contributed by atoms with Gasteiger partial charge in [0.25, 0.3) is 5.91 Å². The summed E-state index contributed by atoms with van der Waals surface area (Å²) in [5, 5.41) is 6.68. The number of anilines is 1.